The van der Waals surface area contributed by atoms with E-state index in [1.807, 2.05) is 61.5 Å². The van der Waals surface area contributed by atoms with Crippen LogP contribution in [0.25, 0.3) is 22.8 Å². The number of aromatic nitrogens is 3. The van der Waals surface area contributed by atoms with Crippen molar-refractivity contribution in [1.29, 1.82) is 0 Å². The summed E-state index contributed by atoms with van der Waals surface area (Å²) in [7, 11) is 0. The highest BCUT2D eigenvalue weighted by Gasteiger charge is 2.34. The highest BCUT2D eigenvalue weighted by Crippen LogP contribution is 2.28. The molecule has 0 radical (unpaired) electrons. The van der Waals surface area contributed by atoms with Gasteiger partial charge >= 0.3 is 0 Å². The number of amides is 1. The lowest BCUT2D eigenvalue weighted by Crippen LogP contribution is -2.49. The van der Waals surface area contributed by atoms with E-state index in [0.717, 1.165) is 23.4 Å². The van der Waals surface area contributed by atoms with Crippen molar-refractivity contribution in [1.82, 2.24) is 24.3 Å². The van der Waals surface area contributed by atoms with Crippen molar-refractivity contribution in [3.63, 3.8) is 0 Å². The van der Waals surface area contributed by atoms with Gasteiger partial charge in [0.25, 0.3) is 5.56 Å². The lowest BCUT2D eigenvalue weighted by molar-refractivity contribution is -0.130. The van der Waals surface area contributed by atoms with Crippen LogP contribution in [0.4, 0.5) is 0 Å². The van der Waals surface area contributed by atoms with Crippen LogP contribution < -0.4 is 10.9 Å². The number of likely N-dealkylation sites (tertiary alicyclic amines) is 1. The number of piperidine rings is 1. The molecule has 9 nitrogen and oxygen atoms in total. The highest BCUT2D eigenvalue weighted by molar-refractivity contribution is 6.31. The molecule has 2 aromatic heterocycles. The van der Waals surface area contributed by atoms with Gasteiger partial charge in [0, 0.05) is 31.4 Å². The molecule has 42 heavy (non-hydrogen) atoms. The number of nitrogens with zero attached hydrogens (tertiary/aromatic N) is 4. The van der Waals surface area contributed by atoms with Gasteiger partial charge in [0.05, 0.1) is 36.3 Å². The van der Waals surface area contributed by atoms with Gasteiger partial charge in [0.15, 0.2) is 5.65 Å². The molecule has 0 bridgehead atoms. The minimum absolute atomic E-state index is 0.0865. The zero-order valence-electron chi connectivity index (χ0n) is 23.4. The number of carbonyl (C=O) groups excluding carboxylic acids is 1. The minimum atomic E-state index is -1.13. The summed E-state index contributed by atoms with van der Waals surface area (Å²) in [4.78, 5) is 32.4. The summed E-state index contributed by atoms with van der Waals surface area (Å²) in [5.41, 5.74) is 1.92. The fourth-order valence-corrected chi connectivity index (χ4v) is 5.94. The van der Waals surface area contributed by atoms with Crippen molar-refractivity contribution in [2.45, 2.75) is 44.1 Å². The Balaban J connectivity index is 1.14. The van der Waals surface area contributed by atoms with Gasteiger partial charge in [-0.1, -0.05) is 54.1 Å². The van der Waals surface area contributed by atoms with Crippen molar-refractivity contribution < 1.29 is 14.6 Å². The van der Waals surface area contributed by atoms with E-state index in [2.05, 4.69) is 10.3 Å². The van der Waals surface area contributed by atoms with Crippen LogP contribution in [-0.2, 0) is 16.1 Å². The average molecular weight is 588 g/mol. The number of morpholine rings is 1. The number of carbonyl (C=O) groups is 1. The molecule has 2 aliphatic rings. The van der Waals surface area contributed by atoms with E-state index in [9.17, 15) is 14.7 Å². The maximum atomic E-state index is 13.5. The van der Waals surface area contributed by atoms with Crippen molar-refractivity contribution in [3.8, 4) is 5.69 Å². The first-order chi connectivity index (χ1) is 20.3. The van der Waals surface area contributed by atoms with E-state index >= 15 is 0 Å². The van der Waals surface area contributed by atoms with Crippen LogP contribution in [0.1, 0.15) is 36.9 Å². The fraction of sp³-hybridized carbons (Fsp3) is 0.344. The molecular weight excluding hydrogens is 554 g/mol. The molecule has 2 saturated heterocycles. The molecule has 4 aromatic rings. The first kappa shape index (κ1) is 28.4. The Kier molecular flexibility index (Phi) is 8.00. The lowest BCUT2D eigenvalue weighted by atomic mass is 9.91. The van der Waals surface area contributed by atoms with Crippen LogP contribution in [0, 0.1) is 0 Å². The predicted octanol–water partition coefficient (Wildman–Crippen LogP) is 3.96. The third-order valence-corrected chi connectivity index (χ3v) is 8.46. The SMILES string of the molecule is C[C@H]1CN[C@H](c2ccc(-n3c(Cl)cc4c(=O)n(CC5(O)CCN(C(=O)/C=C/c6ccccc6)CC5)cnc43)cc2)CO1. The molecule has 4 heterocycles. The summed E-state index contributed by atoms with van der Waals surface area (Å²) < 4.78 is 8.97. The van der Waals surface area contributed by atoms with E-state index in [4.69, 9.17) is 16.3 Å². The number of ether oxygens (including phenoxy) is 1. The maximum Gasteiger partial charge on any atom is 0.262 e. The van der Waals surface area contributed by atoms with Gasteiger partial charge in [0.1, 0.15) is 11.5 Å². The molecule has 2 aromatic carbocycles. The summed E-state index contributed by atoms with van der Waals surface area (Å²) in [5.74, 6) is -0.0943. The number of hydrogen-bond donors (Lipinski definition) is 2. The number of rotatable bonds is 6. The normalized spacial score (nSPS) is 20.8. The Morgan fingerprint density at radius 3 is 2.60 bits per heavy atom. The largest absolute Gasteiger partial charge is 0.388 e. The van der Waals surface area contributed by atoms with Gasteiger partial charge < -0.3 is 20.1 Å². The third-order valence-electron chi connectivity index (χ3n) is 8.18. The average Bonchev–Trinajstić information content (AvgIpc) is 3.35. The van der Waals surface area contributed by atoms with Crippen LogP contribution in [0.3, 0.4) is 0 Å². The first-order valence-corrected chi connectivity index (χ1v) is 14.6. The van der Waals surface area contributed by atoms with Crippen molar-refractivity contribution in [3.05, 3.63) is 99.7 Å². The number of halogens is 1. The second-order valence-electron chi connectivity index (χ2n) is 11.2. The van der Waals surface area contributed by atoms with E-state index in [-0.39, 0.29) is 30.2 Å². The third kappa shape index (κ3) is 5.91. The zero-order chi connectivity index (χ0) is 29.3. The Morgan fingerprint density at radius 1 is 1.17 bits per heavy atom. The standard InChI is InChI=1S/C32H34ClN5O4/c1-22-18-34-27(19-42-22)24-8-10-25(11-9-24)38-28(33)17-26-30(38)35-21-37(31(26)40)20-32(41)13-15-36(16-14-32)29(39)12-7-23-5-3-2-4-6-23/h2-12,17,21-22,27,34,41H,13-16,18-20H2,1H3/b12-7+/t22-,27-/m0/s1. The molecule has 10 heteroatoms. The van der Waals surface area contributed by atoms with Crippen molar-refractivity contribution in [2.24, 2.45) is 0 Å². The lowest BCUT2D eigenvalue weighted by Gasteiger charge is -2.38. The van der Waals surface area contributed by atoms with Crippen LogP contribution in [0.2, 0.25) is 5.15 Å². The molecule has 6 rings (SSSR count). The maximum absolute atomic E-state index is 13.5. The van der Waals surface area contributed by atoms with Crippen molar-refractivity contribution >= 4 is 34.6 Å². The molecular formula is C32H34ClN5O4. The van der Waals surface area contributed by atoms with Crippen LogP contribution in [0.5, 0.6) is 0 Å². The summed E-state index contributed by atoms with van der Waals surface area (Å²) in [5, 5.41) is 15.6. The Hall–Kier alpha value is -3.76. The molecule has 2 atom stereocenters. The topological polar surface area (TPSA) is 102 Å². The van der Waals surface area contributed by atoms with Gasteiger partial charge in [-0.05, 0) is 55.2 Å². The van der Waals surface area contributed by atoms with Gasteiger partial charge in [-0.3, -0.25) is 18.7 Å². The van der Waals surface area contributed by atoms with E-state index in [1.54, 1.807) is 27.7 Å². The first-order valence-electron chi connectivity index (χ1n) is 14.3. The molecule has 2 fully saturated rings. The Morgan fingerprint density at radius 2 is 1.90 bits per heavy atom. The molecule has 0 unspecified atom stereocenters. The van der Waals surface area contributed by atoms with E-state index in [1.165, 1.54) is 10.9 Å². The quantitative estimate of drug-likeness (QED) is 0.331. The highest BCUT2D eigenvalue weighted by atomic mass is 35.5. The second kappa shape index (κ2) is 11.9. The number of fused-ring (bicyclic) bond motifs is 1. The van der Waals surface area contributed by atoms with Gasteiger partial charge in [-0.2, -0.15) is 0 Å². The zero-order valence-corrected chi connectivity index (χ0v) is 24.2. The molecule has 218 valence electrons. The summed E-state index contributed by atoms with van der Waals surface area (Å²) >= 11 is 6.61. The van der Waals surface area contributed by atoms with Crippen LogP contribution in [-0.4, -0.2) is 68.0 Å². The molecule has 2 aliphatic heterocycles. The molecule has 0 aliphatic carbocycles. The van der Waals surface area contributed by atoms with Gasteiger partial charge in [-0.15, -0.1) is 0 Å². The van der Waals surface area contributed by atoms with Crippen LogP contribution in [0.15, 0.2) is 77.9 Å². The summed E-state index contributed by atoms with van der Waals surface area (Å²) in [6, 6.07) is 19.4. The summed E-state index contributed by atoms with van der Waals surface area (Å²) in [6.07, 6.45) is 5.73. The Labute approximate surface area is 249 Å². The number of aliphatic hydroxyl groups is 1. The van der Waals surface area contributed by atoms with Crippen LogP contribution >= 0.6 is 11.6 Å². The predicted molar refractivity (Wildman–Crippen MR) is 163 cm³/mol. The van der Waals surface area contributed by atoms with Gasteiger partial charge in [0.2, 0.25) is 5.91 Å². The van der Waals surface area contributed by atoms with E-state index < -0.39 is 5.60 Å². The molecule has 0 spiro atoms. The molecule has 2 N–H and O–H groups in total. The molecule has 0 saturated carbocycles. The second-order valence-corrected chi connectivity index (χ2v) is 11.6. The summed E-state index contributed by atoms with van der Waals surface area (Å²) in [6.45, 7) is 4.35. The fourth-order valence-electron chi connectivity index (χ4n) is 5.66. The number of benzene rings is 2. The number of hydrogen-bond acceptors (Lipinski definition) is 6. The number of nitrogens with one attached hydrogen (secondary N) is 1. The minimum Gasteiger partial charge on any atom is -0.388 e. The van der Waals surface area contributed by atoms with E-state index in [0.29, 0.717) is 48.7 Å². The Bertz CT molecular complexity index is 1650. The molecule has 1 amide bonds. The van der Waals surface area contributed by atoms with Gasteiger partial charge in [-0.25, -0.2) is 4.98 Å². The smallest absolute Gasteiger partial charge is 0.262 e. The van der Waals surface area contributed by atoms with Crippen molar-refractivity contribution in [2.75, 3.05) is 26.2 Å². The monoisotopic (exact) mass is 587 g/mol.